The third-order valence-corrected chi connectivity index (χ3v) is 20.2. The summed E-state index contributed by atoms with van der Waals surface area (Å²) in [6.07, 6.45) is 0. The molecule has 0 rings (SSSR count). The molecular formula is C6H25NSi4. The Morgan fingerprint density at radius 3 is 0.818 bits per heavy atom. The van der Waals surface area contributed by atoms with Crippen molar-refractivity contribution in [1.29, 1.82) is 0 Å². The largest absolute Gasteiger partial charge is 0.374 e. The Bertz CT molecular complexity index is 79.7. The van der Waals surface area contributed by atoms with Crippen molar-refractivity contribution < 1.29 is 0 Å². The topological polar surface area (TPSA) is 12.0 Å². The van der Waals surface area contributed by atoms with Crippen LogP contribution < -0.4 is 4.65 Å². The molecule has 0 unspecified atom stereocenters. The normalized spacial score (nSPS) is 12.5. The minimum atomic E-state index is -0.720. The maximum atomic E-state index is 3.03. The van der Waals surface area contributed by atoms with Crippen molar-refractivity contribution >= 4 is 36.0 Å². The van der Waals surface area contributed by atoms with E-state index in [0.717, 1.165) is 0 Å². The third-order valence-electron chi connectivity index (χ3n) is 2.25. The Morgan fingerprint density at radius 2 is 0.818 bits per heavy atom. The molecule has 0 radical (unpaired) electrons. The number of hydrogen-bond donors (Lipinski definition) is 1. The maximum Gasteiger partial charge on any atom is 0.0670 e. The second-order valence-corrected chi connectivity index (χ2v) is 27.0. The first-order valence-electron chi connectivity index (χ1n) is 4.25. The zero-order valence-corrected chi connectivity index (χ0v) is 15.5. The van der Waals surface area contributed by atoms with Gasteiger partial charge in [-0.05, 0) is 0 Å². The van der Waals surface area contributed by atoms with Gasteiger partial charge in [-0.1, -0.05) is 39.3 Å². The molecule has 0 aliphatic rings. The molecule has 0 heterocycles. The van der Waals surface area contributed by atoms with E-state index in [1.54, 1.807) is 0 Å². The Morgan fingerprint density at radius 1 is 0.727 bits per heavy atom. The summed E-state index contributed by atoms with van der Waals surface area (Å²) >= 11 is 0. The van der Waals surface area contributed by atoms with E-state index in [9.17, 15) is 0 Å². The monoisotopic (exact) mass is 223 g/mol. The lowest BCUT2D eigenvalue weighted by Crippen LogP contribution is -2.49. The fourth-order valence-corrected chi connectivity index (χ4v) is 0. The van der Waals surface area contributed by atoms with Crippen LogP contribution in [0.15, 0.2) is 0 Å². The highest BCUT2D eigenvalue weighted by atomic mass is 29.3. The van der Waals surface area contributed by atoms with Crippen LogP contribution in [0.3, 0.4) is 0 Å². The summed E-state index contributed by atoms with van der Waals surface area (Å²) in [6.45, 7) is 14.8. The summed E-state index contributed by atoms with van der Waals surface area (Å²) in [6, 6.07) is 0. The molecule has 0 aromatic rings. The van der Waals surface area contributed by atoms with Crippen molar-refractivity contribution in [3.8, 4) is 0 Å². The molecule has 0 saturated carbocycles. The average Bonchev–Trinajstić information content (AvgIpc) is 1.60. The summed E-state index contributed by atoms with van der Waals surface area (Å²) in [5, 5.41) is 0. The van der Waals surface area contributed by atoms with Gasteiger partial charge in [0.2, 0.25) is 0 Å². The summed E-state index contributed by atoms with van der Waals surface area (Å²) in [4.78, 5) is 0. The van der Waals surface area contributed by atoms with Crippen LogP contribution in [0.5, 0.6) is 0 Å². The zero-order chi connectivity index (χ0) is 9.71. The SMILES string of the molecule is C[Si](C)(C)[Si](C)(C)C.[SiH3]N[SiH3]. The van der Waals surface area contributed by atoms with Gasteiger partial charge in [0.25, 0.3) is 0 Å². The summed E-state index contributed by atoms with van der Waals surface area (Å²) in [5.41, 5.74) is 0. The van der Waals surface area contributed by atoms with E-state index in [4.69, 9.17) is 0 Å². The number of hydrogen-bond acceptors (Lipinski definition) is 1. The van der Waals surface area contributed by atoms with E-state index >= 15 is 0 Å². The Hall–Kier alpha value is 0.828. The number of rotatable bonds is 1. The van der Waals surface area contributed by atoms with Gasteiger partial charge < -0.3 is 4.65 Å². The van der Waals surface area contributed by atoms with Crippen molar-refractivity contribution in [3.63, 3.8) is 0 Å². The molecule has 0 amide bonds. The molecular weight excluding hydrogens is 198 g/mol. The summed E-state index contributed by atoms with van der Waals surface area (Å²) in [7, 11) is 0.921. The van der Waals surface area contributed by atoms with Gasteiger partial charge in [0.05, 0.1) is 20.8 Å². The molecule has 0 atom stereocenters. The molecule has 0 aliphatic heterocycles. The lowest BCUT2D eigenvalue weighted by atomic mass is 11.8. The van der Waals surface area contributed by atoms with Crippen LogP contribution in [-0.2, 0) is 0 Å². The highest BCUT2D eigenvalue weighted by molar-refractivity contribution is 7.39. The fourth-order valence-electron chi connectivity index (χ4n) is 0. The smallest absolute Gasteiger partial charge is 0.0670 e. The van der Waals surface area contributed by atoms with Gasteiger partial charge in [-0.2, -0.15) is 0 Å². The van der Waals surface area contributed by atoms with E-state index in [-0.39, 0.29) is 0 Å². The van der Waals surface area contributed by atoms with Crippen LogP contribution >= 0.6 is 0 Å². The van der Waals surface area contributed by atoms with Crippen LogP contribution in [0.1, 0.15) is 0 Å². The first-order chi connectivity index (χ1) is 4.66. The standard InChI is InChI=1S/C6H18Si2.H7NSi2/c1-7(2,3)8(4,5)6;2-1-3/h1-6H3;1H,2-3H3. The number of nitrogens with one attached hydrogen (secondary N) is 1. The molecule has 70 valence electrons. The van der Waals surface area contributed by atoms with E-state index in [1.165, 1.54) is 20.8 Å². The quantitative estimate of drug-likeness (QED) is 0.611. The molecule has 0 aliphatic carbocycles. The van der Waals surface area contributed by atoms with Gasteiger partial charge in [-0.15, -0.1) is 0 Å². The van der Waals surface area contributed by atoms with Gasteiger partial charge in [-0.25, -0.2) is 0 Å². The van der Waals surface area contributed by atoms with Crippen LogP contribution in [0.4, 0.5) is 0 Å². The van der Waals surface area contributed by atoms with Crippen molar-refractivity contribution in [1.82, 2.24) is 4.65 Å². The van der Waals surface area contributed by atoms with Gasteiger partial charge in [0.1, 0.15) is 0 Å². The van der Waals surface area contributed by atoms with E-state index in [2.05, 4.69) is 43.9 Å². The molecule has 0 saturated heterocycles. The van der Waals surface area contributed by atoms with Crippen molar-refractivity contribution in [3.05, 3.63) is 0 Å². The molecule has 0 bridgehead atoms. The summed E-state index contributed by atoms with van der Waals surface area (Å²) in [5.74, 6) is 0. The first kappa shape index (κ1) is 14.4. The van der Waals surface area contributed by atoms with Crippen LogP contribution in [0.25, 0.3) is 0 Å². The molecule has 0 spiro atoms. The molecule has 5 heteroatoms. The Kier molecular flexibility index (Phi) is 7.14. The molecule has 0 aromatic heterocycles. The fraction of sp³-hybridized carbons (Fsp3) is 1.00. The van der Waals surface area contributed by atoms with Crippen molar-refractivity contribution in [2.45, 2.75) is 39.3 Å². The van der Waals surface area contributed by atoms with Crippen LogP contribution in [0.2, 0.25) is 39.3 Å². The third kappa shape index (κ3) is 8.74. The Balaban J connectivity index is 0. The molecule has 0 aromatic carbocycles. The minimum absolute atomic E-state index is 0.720. The van der Waals surface area contributed by atoms with Crippen molar-refractivity contribution in [2.75, 3.05) is 0 Å². The molecule has 1 N–H and O–H groups in total. The second kappa shape index (κ2) is 5.47. The van der Waals surface area contributed by atoms with Gasteiger partial charge >= 0.3 is 0 Å². The minimum Gasteiger partial charge on any atom is -0.374 e. The lowest BCUT2D eigenvalue weighted by Gasteiger charge is -2.30. The van der Waals surface area contributed by atoms with E-state index in [1.807, 2.05) is 0 Å². The first-order valence-corrected chi connectivity index (χ1v) is 14.2. The second-order valence-electron chi connectivity index (χ2n) is 5.00. The van der Waals surface area contributed by atoms with Gasteiger partial charge in [-0.3, -0.25) is 0 Å². The predicted molar refractivity (Wildman–Crippen MR) is 69.7 cm³/mol. The van der Waals surface area contributed by atoms with Gasteiger partial charge in [0, 0.05) is 15.2 Å². The molecule has 0 fully saturated rings. The Labute approximate surface area is 80.2 Å². The summed E-state index contributed by atoms with van der Waals surface area (Å²) < 4.78 is 3.03. The van der Waals surface area contributed by atoms with E-state index in [0.29, 0.717) is 0 Å². The lowest BCUT2D eigenvalue weighted by molar-refractivity contribution is 1.68. The predicted octanol–water partition coefficient (Wildman–Crippen LogP) is -0.122. The molecule has 1 nitrogen and oxygen atoms in total. The van der Waals surface area contributed by atoms with Crippen LogP contribution in [0, 0.1) is 0 Å². The van der Waals surface area contributed by atoms with Crippen LogP contribution in [-0.4, -0.2) is 36.0 Å². The van der Waals surface area contributed by atoms with E-state index < -0.39 is 15.2 Å². The highest BCUT2D eigenvalue weighted by Gasteiger charge is 2.31. The maximum absolute atomic E-state index is 3.03. The zero-order valence-electron chi connectivity index (χ0n) is 9.50. The van der Waals surface area contributed by atoms with Crippen molar-refractivity contribution in [2.24, 2.45) is 0 Å². The highest BCUT2D eigenvalue weighted by Crippen LogP contribution is 2.16. The average molecular weight is 224 g/mol. The van der Waals surface area contributed by atoms with Gasteiger partial charge in [0.15, 0.2) is 0 Å². The molecule has 11 heavy (non-hydrogen) atoms.